The predicted molar refractivity (Wildman–Crippen MR) is 82.7 cm³/mol. The maximum Gasteiger partial charge on any atom is 0.344 e. The molecule has 0 spiro atoms. The van der Waals surface area contributed by atoms with Gasteiger partial charge in [0.2, 0.25) is 6.79 Å². The van der Waals surface area contributed by atoms with Crippen LogP contribution in [0.1, 0.15) is 40.0 Å². The van der Waals surface area contributed by atoms with Crippen LogP contribution in [-0.2, 0) is 23.8 Å². The maximum atomic E-state index is 11.7. The van der Waals surface area contributed by atoms with E-state index in [1.54, 1.807) is 13.0 Å². The molecule has 1 aliphatic heterocycles. The van der Waals surface area contributed by atoms with Gasteiger partial charge in [-0.3, -0.25) is 0 Å². The summed E-state index contributed by atoms with van der Waals surface area (Å²) in [5.74, 6) is 0.161. The van der Waals surface area contributed by atoms with Gasteiger partial charge in [-0.15, -0.1) is 0 Å². The molecule has 0 saturated carbocycles. The molecule has 0 amide bonds. The molecule has 1 aliphatic rings. The van der Waals surface area contributed by atoms with E-state index in [2.05, 4.69) is 0 Å². The van der Waals surface area contributed by atoms with Gasteiger partial charge in [0.05, 0.1) is 12.2 Å². The van der Waals surface area contributed by atoms with Crippen molar-refractivity contribution in [2.24, 2.45) is 5.92 Å². The van der Waals surface area contributed by atoms with Gasteiger partial charge in [-0.1, -0.05) is 26.0 Å². The van der Waals surface area contributed by atoms with Gasteiger partial charge >= 0.3 is 11.9 Å². The molecule has 0 N–H and O–H groups in total. The van der Waals surface area contributed by atoms with E-state index in [9.17, 15) is 9.59 Å². The Morgan fingerprint density at radius 3 is 2.77 bits per heavy atom. The van der Waals surface area contributed by atoms with Crippen LogP contribution >= 0.6 is 0 Å². The Hall–Kier alpha value is -2.04. The smallest absolute Gasteiger partial charge is 0.344 e. The Morgan fingerprint density at radius 1 is 1.32 bits per heavy atom. The Bertz CT molecular complexity index is 471. The number of allylic oxidation sites excluding steroid dienone is 3. The summed E-state index contributed by atoms with van der Waals surface area (Å²) in [5, 5.41) is 0. The highest BCUT2D eigenvalue weighted by atomic mass is 16.7. The van der Waals surface area contributed by atoms with E-state index in [-0.39, 0.29) is 24.6 Å². The van der Waals surface area contributed by atoms with Gasteiger partial charge in [0, 0.05) is 6.08 Å². The van der Waals surface area contributed by atoms with E-state index < -0.39 is 0 Å². The SMILES string of the molecule is CCOC(=O)/C=C/CCC/C=C1/OCOC(=O)/C1=C\C(C)C. The fraction of sp³-hybridized carbons (Fsp3) is 0.529. The lowest BCUT2D eigenvalue weighted by Gasteiger charge is -2.19. The normalized spacial score (nSPS) is 18.8. The molecule has 0 atom stereocenters. The summed E-state index contributed by atoms with van der Waals surface area (Å²) in [5.41, 5.74) is 0.489. The first-order valence-electron chi connectivity index (χ1n) is 7.60. The lowest BCUT2D eigenvalue weighted by atomic mass is 10.1. The monoisotopic (exact) mass is 308 g/mol. The number of esters is 2. The van der Waals surface area contributed by atoms with Crippen LogP contribution in [-0.4, -0.2) is 25.3 Å². The number of carbonyl (C=O) groups is 2. The molecule has 122 valence electrons. The third-order valence-corrected chi connectivity index (χ3v) is 2.83. The maximum absolute atomic E-state index is 11.7. The van der Waals surface area contributed by atoms with Crippen LogP contribution in [0.2, 0.25) is 0 Å². The number of ether oxygens (including phenoxy) is 3. The first kappa shape index (κ1) is 18.0. The second kappa shape index (κ2) is 9.82. The van der Waals surface area contributed by atoms with Crippen molar-refractivity contribution < 1.29 is 23.8 Å². The number of hydrogen-bond donors (Lipinski definition) is 0. The summed E-state index contributed by atoms with van der Waals surface area (Å²) in [6, 6.07) is 0. The van der Waals surface area contributed by atoms with Crippen molar-refractivity contribution in [3.05, 3.63) is 35.6 Å². The zero-order valence-corrected chi connectivity index (χ0v) is 13.5. The molecule has 0 unspecified atom stereocenters. The van der Waals surface area contributed by atoms with Crippen LogP contribution in [0.5, 0.6) is 0 Å². The van der Waals surface area contributed by atoms with Crippen molar-refractivity contribution in [2.75, 3.05) is 13.4 Å². The van der Waals surface area contributed by atoms with Crippen LogP contribution in [0.25, 0.3) is 0 Å². The molecule has 1 saturated heterocycles. The molecule has 0 aromatic rings. The Morgan fingerprint density at radius 2 is 2.09 bits per heavy atom. The average Bonchev–Trinajstić information content (AvgIpc) is 2.45. The number of unbranched alkanes of at least 4 members (excludes halogenated alkanes) is 2. The average molecular weight is 308 g/mol. The Labute approximate surface area is 131 Å². The molecular weight excluding hydrogens is 284 g/mol. The van der Waals surface area contributed by atoms with Gasteiger partial charge in [-0.2, -0.15) is 0 Å². The third-order valence-electron chi connectivity index (χ3n) is 2.83. The standard InChI is InChI=1S/C17H24O5/c1-4-20-16(18)10-8-6-5-7-9-15-14(11-13(2)3)17(19)22-12-21-15/h8-11,13H,4-7,12H2,1-3H3/b10-8+,14-11-,15-9+. The number of carbonyl (C=O) groups excluding carboxylic acids is 2. The number of rotatable bonds is 7. The molecular formula is C17H24O5. The van der Waals surface area contributed by atoms with E-state index in [1.165, 1.54) is 6.08 Å². The lowest BCUT2D eigenvalue weighted by molar-refractivity contribution is -0.154. The van der Waals surface area contributed by atoms with Crippen molar-refractivity contribution in [2.45, 2.75) is 40.0 Å². The van der Waals surface area contributed by atoms with E-state index in [4.69, 9.17) is 14.2 Å². The third kappa shape index (κ3) is 6.61. The van der Waals surface area contributed by atoms with Crippen LogP contribution in [0, 0.1) is 5.92 Å². The largest absolute Gasteiger partial charge is 0.463 e. The molecule has 5 nitrogen and oxygen atoms in total. The van der Waals surface area contributed by atoms with E-state index >= 15 is 0 Å². The lowest BCUT2D eigenvalue weighted by Crippen LogP contribution is -2.20. The fourth-order valence-corrected chi connectivity index (χ4v) is 1.89. The molecule has 0 aromatic heterocycles. The van der Waals surface area contributed by atoms with Gasteiger partial charge in [-0.25, -0.2) is 9.59 Å². The highest BCUT2D eigenvalue weighted by Crippen LogP contribution is 2.21. The van der Waals surface area contributed by atoms with Crippen molar-refractivity contribution in [1.29, 1.82) is 0 Å². The van der Waals surface area contributed by atoms with E-state index in [0.29, 0.717) is 17.9 Å². The summed E-state index contributed by atoms with van der Waals surface area (Å²) in [6.45, 7) is 6.10. The van der Waals surface area contributed by atoms with Gasteiger partial charge in [-0.05, 0) is 38.2 Å². The summed E-state index contributed by atoms with van der Waals surface area (Å²) in [7, 11) is 0. The first-order valence-corrected chi connectivity index (χ1v) is 7.60. The van der Waals surface area contributed by atoms with Gasteiger partial charge in [0.15, 0.2) is 0 Å². The highest BCUT2D eigenvalue weighted by molar-refractivity contribution is 5.93. The molecule has 1 rings (SSSR count). The Balaban J connectivity index is 2.47. The van der Waals surface area contributed by atoms with Crippen LogP contribution in [0.3, 0.4) is 0 Å². The molecule has 0 aliphatic carbocycles. The second-order valence-corrected chi connectivity index (χ2v) is 5.17. The fourth-order valence-electron chi connectivity index (χ4n) is 1.89. The number of hydrogen-bond acceptors (Lipinski definition) is 5. The summed E-state index contributed by atoms with van der Waals surface area (Å²) in [4.78, 5) is 22.8. The minimum absolute atomic E-state index is 0.0388. The molecule has 0 aromatic carbocycles. The van der Waals surface area contributed by atoms with E-state index in [0.717, 1.165) is 19.3 Å². The molecule has 0 bridgehead atoms. The van der Waals surface area contributed by atoms with E-state index in [1.807, 2.05) is 26.0 Å². The van der Waals surface area contributed by atoms with Crippen molar-refractivity contribution in [3.63, 3.8) is 0 Å². The summed E-state index contributed by atoms with van der Waals surface area (Å²) < 4.78 is 15.1. The second-order valence-electron chi connectivity index (χ2n) is 5.17. The van der Waals surface area contributed by atoms with Crippen LogP contribution in [0.4, 0.5) is 0 Å². The van der Waals surface area contributed by atoms with Crippen LogP contribution in [0.15, 0.2) is 35.6 Å². The molecule has 1 heterocycles. The predicted octanol–water partition coefficient (Wildman–Crippen LogP) is 3.27. The minimum Gasteiger partial charge on any atom is -0.463 e. The van der Waals surface area contributed by atoms with Crippen molar-refractivity contribution >= 4 is 11.9 Å². The molecule has 5 heteroatoms. The first-order chi connectivity index (χ1) is 10.5. The topological polar surface area (TPSA) is 61.8 Å². The molecule has 22 heavy (non-hydrogen) atoms. The molecule has 1 fully saturated rings. The van der Waals surface area contributed by atoms with Crippen molar-refractivity contribution in [3.8, 4) is 0 Å². The minimum atomic E-state index is -0.339. The van der Waals surface area contributed by atoms with Gasteiger partial charge < -0.3 is 14.2 Å². The summed E-state index contributed by atoms with van der Waals surface area (Å²) in [6.07, 6.45) is 9.33. The zero-order chi connectivity index (χ0) is 16.4. The quantitative estimate of drug-likeness (QED) is 0.410. The zero-order valence-electron chi connectivity index (χ0n) is 13.5. The van der Waals surface area contributed by atoms with Gasteiger partial charge in [0.25, 0.3) is 0 Å². The van der Waals surface area contributed by atoms with Crippen molar-refractivity contribution in [1.82, 2.24) is 0 Å². The Kier molecular flexibility index (Phi) is 8.04. The number of cyclic esters (lactones) is 1. The highest BCUT2D eigenvalue weighted by Gasteiger charge is 2.22. The molecule has 0 radical (unpaired) electrons. The van der Waals surface area contributed by atoms with Gasteiger partial charge in [0.1, 0.15) is 5.76 Å². The van der Waals surface area contributed by atoms with Crippen LogP contribution < -0.4 is 0 Å². The summed E-state index contributed by atoms with van der Waals surface area (Å²) >= 11 is 0.